The number of hydrogen-bond donors (Lipinski definition) is 0. The molecule has 2 unspecified atom stereocenters. The summed E-state index contributed by atoms with van der Waals surface area (Å²) < 4.78 is 0.269. The summed E-state index contributed by atoms with van der Waals surface area (Å²) in [6.45, 7) is 20.2. The second kappa shape index (κ2) is 6.48. The van der Waals surface area contributed by atoms with Gasteiger partial charge in [0.15, 0.2) is 0 Å². The van der Waals surface area contributed by atoms with Gasteiger partial charge in [0.2, 0.25) is 0 Å². The molecule has 0 aromatic carbocycles. The van der Waals surface area contributed by atoms with Crippen molar-refractivity contribution < 1.29 is 0 Å². The van der Waals surface area contributed by atoms with Gasteiger partial charge >= 0.3 is 125 Å². The number of allylic oxidation sites excluding steroid dienone is 2. The van der Waals surface area contributed by atoms with Crippen LogP contribution >= 0.6 is 11.8 Å². The van der Waals surface area contributed by atoms with E-state index < -0.39 is 0 Å². The van der Waals surface area contributed by atoms with Crippen molar-refractivity contribution in [3.63, 3.8) is 0 Å². The van der Waals surface area contributed by atoms with Crippen LogP contribution in [0.25, 0.3) is 0 Å². The van der Waals surface area contributed by atoms with Gasteiger partial charge in [-0.2, -0.15) is 0 Å². The minimum absolute atomic E-state index is 0.269. The van der Waals surface area contributed by atoms with E-state index in [1.807, 2.05) is 11.8 Å². The third-order valence-corrected chi connectivity index (χ3v) is 4.21. The van der Waals surface area contributed by atoms with Gasteiger partial charge in [-0.1, -0.05) is 0 Å². The second-order valence-electron chi connectivity index (χ2n) is 7.82. The SMILES string of the molecule is C=C(CC1C=CB=CC1CC(C)(C)C)SC(C)(C)C. The first-order valence-corrected chi connectivity index (χ1v) is 8.10. The Labute approximate surface area is 125 Å². The van der Waals surface area contributed by atoms with E-state index in [1.54, 1.807) is 0 Å². The molecule has 1 rings (SSSR count). The van der Waals surface area contributed by atoms with E-state index in [0.717, 1.165) is 6.42 Å². The van der Waals surface area contributed by atoms with Crippen LogP contribution < -0.4 is 0 Å². The Balaban J connectivity index is 2.62. The van der Waals surface area contributed by atoms with Crippen molar-refractivity contribution in [2.24, 2.45) is 17.3 Å². The Kier molecular flexibility index (Phi) is 5.73. The molecule has 0 aromatic rings. The Morgan fingerprint density at radius 1 is 1.16 bits per heavy atom. The van der Waals surface area contributed by atoms with Crippen LogP contribution in [0.4, 0.5) is 0 Å². The first kappa shape index (κ1) is 16.8. The van der Waals surface area contributed by atoms with Crippen molar-refractivity contribution in [1.29, 1.82) is 0 Å². The molecule has 0 bridgehead atoms. The van der Waals surface area contributed by atoms with E-state index in [-0.39, 0.29) is 4.75 Å². The molecule has 106 valence electrons. The van der Waals surface area contributed by atoms with Crippen molar-refractivity contribution in [3.05, 3.63) is 23.5 Å². The molecule has 0 aliphatic carbocycles. The molecule has 0 amide bonds. The third-order valence-electron chi connectivity index (χ3n) is 3.14. The third kappa shape index (κ3) is 7.20. The van der Waals surface area contributed by atoms with Crippen LogP contribution in [0.2, 0.25) is 0 Å². The van der Waals surface area contributed by atoms with Gasteiger partial charge in [-0.15, -0.1) is 0 Å². The molecule has 19 heavy (non-hydrogen) atoms. The van der Waals surface area contributed by atoms with E-state index in [0.29, 0.717) is 17.3 Å². The fourth-order valence-corrected chi connectivity index (χ4v) is 3.72. The topological polar surface area (TPSA) is 0 Å². The van der Waals surface area contributed by atoms with Gasteiger partial charge < -0.3 is 0 Å². The van der Waals surface area contributed by atoms with Crippen LogP contribution in [0, 0.1) is 17.3 Å². The summed E-state index contributed by atoms with van der Waals surface area (Å²) in [6, 6.07) is 0. The van der Waals surface area contributed by atoms with Gasteiger partial charge in [0.05, 0.1) is 0 Å². The Morgan fingerprint density at radius 3 is 2.32 bits per heavy atom. The maximum atomic E-state index is 4.27. The van der Waals surface area contributed by atoms with Crippen molar-refractivity contribution >= 4 is 24.6 Å². The molecule has 0 saturated heterocycles. The van der Waals surface area contributed by atoms with Crippen LogP contribution in [0.1, 0.15) is 54.4 Å². The molecule has 0 nitrogen and oxygen atoms in total. The summed E-state index contributed by atoms with van der Waals surface area (Å²) >= 11 is 1.92. The summed E-state index contributed by atoms with van der Waals surface area (Å²) in [5, 5.41) is 0. The molecule has 0 spiro atoms. The fraction of sp³-hybridized carbons (Fsp3) is 0.706. The molecular formula is C17H29BS. The van der Waals surface area contributed by atoms with Crippen molar-refractivity contribution in [2.45, 2.75) is 59.1 Å². The van der Waals surface area contributed by atoms with Crippen LogP contribution in [0.3, 0.4) is 0 Å². The average molecular weight is 276 g/mol. The molecule has 1 heterocycles. The van der Waals surface area contributed by atoms with E-state index >= 15 is 0 Å². The molecule has 0 N–H and O–H groups in total. The quantitative estimate of drug-likeness (QED) is 0.642. The Hall–Kier alpha value is -0.235. The maximum absolute atomic E-state index is 4.27. The monoisotopic (exact) mass is 276 g/mol. The van der Waals surface area contributed by atoms with E-state index in [9.17, 15) is 0 Å². The fourth-order valence-electron chi connectivity index (χ4n) is 2.58. The Morgan fingerprint density at radius 2 is 1.79 bits per heavy atom. The zero-order chi connectivity index (χ0) is 14.7. The summed E-state index contributed by atoms with van der Waals surface area (Å²) in [6.07, 6.45) is 4.71. The normalized spacial score (nSPS) is 23.3. The van der Waals surface area contributed by atoms with E-state index in [1.165, 1.54) is 11.3 Å². The molecule has 2 heteroatoms. The summed E-state index contributed by atoms with van der Waals surface area (Å²) in [5.41, 5.74) is 0.386. The van der Waals surface area contributed by atoms with Crippen LogP contribution in [-0.2, 0) is 0 Å². The predicted octanol–water partition coefficient (Wildman–Crippen LogP) is 5.12. The van der Waals surface area contributed by atoms with Gasteiger partial charge in [-0.3, -0.25) is 0 Å². The molecule has 1 aliphatic rings. The van der Waals surface area contributed by atoms with Gasteiger partial charge in [0.1, 0.15) is 0 Å². The summed E-state index contributed by atoms with van der Waals surface area (Å²) in [5.74, 6) is 5.85. The van der Waals surface area contributed by atoms with Gasteiger partial charge in [0, 0.05) is 0 Å². The van der Waals surface area contributed by atoms with Crippen LogP contribution in [0.15, 0.2) is 23.5 Å². The molecule has 0 saturated carbocycles. The minimum atomic E-state index is 0.269. The summed E-state index contributed by atoms with van der Waals surface area (Å²) in [7, 11) is 0. The van der Waals surface area contributed by atoms with Gasteiger partial charge in [0.25, 0.3) is 0 Å². The summed E-state index contributed by atoms with van der Waals surface area (Å²) in [4.78, 5) is 1.32. The molecular weight excluding hydrogens is 247 g/mol. The molecule has 1 aliphatic heterocycles. The standard InChI is InChI=1S/C17H29BS/c1-13(19-17(5,6)7)10-14-8-9-18-12-15(14)11-16(2,3)4/h8-9,12,14-15H,1,10-11H2,2-7H3. The van der Waals surface area contributed by atoms with E-state index in [2.05, 4.69) is 73.1 Å². The van der Waals surface area contributed by atoms with E-state index in [4.69, 9.17) is 0 Å². The van der Waals surface area contributed by atoms with Gasteiger partial charge in [-0.25, -0.2) is 0 Å². The van der Waals surface area contributed by atoms with Gasteiger partial charge in [-0.05, 0) is 0 Å². The number of rotatable bonds is 4. The number of thioether (sulfide) groups is 1. The molecule has 0 aromatic heterocycles. The van der Waals surface area contributed by atoms with Crippen LogP contribution in [-0.4, -0.2) is 17.6 Å². The average Bonchev–Trinajstić information content (AvgIpc) is 2.15. The number of hydrogen-bond acceptors (Lipinski definition) is 1. The molecule has 0 radical (unpaired) electrons. The predicted molar refractivity (Wildman–Crippen MR) is 93.1 cm³/mol. The first-order valence-electron chi connectivity index (χ1n) is 7.29. The van der Waals surface area contributed by atoms with Crippen molar-refractivity contribution in [3.8, 4) is 0 Å². The van der Waals surface area contributed by atoms with Crippen LogP contribution in [0.5, 0.6) is 0 Å². The van der Waals surface area contributed by atoms with Crippen molar-refractivity contribution in [2.75, 3.05) is 0 Å². The zero-order valence-corrected chi connectivity index (χ0v) is 14.3. The molecule has 0 fully saturated rings. The Bertz CT molecular complexity index is 366. The zero-order valence-electron chi connectivity index (χ0n) is 13.5. The molecule has 2 atom stereocenters. The van der Waals surface area contributed by atoms with Crippen molar-refractivity contribution in [1.82, 2.24) is 0 Å². The first-order chi connectivity index (χ1) is 8.57. The second-order valence-corrected chi connectivity index (χ2v) is 9.83.